The van der Waals surface area contributed by atoms with Crippen molar-refractivity contribution in [3.05, 3.63) is 35.9 Å². The van der Waals surface area contributed by atoms with Crippen LogP contribution in [0.4, 0.5) is 4.79 Å². The molecule has 0 bridgehead atoms. The summed E-state index contributed by atoms with van der Waals surface area (Å²) in [5, 5.41) is 0. The summed E-state index contributed by atoms with van der Waals surface area (Å²) in [4.78, 5) is 14.2. The molecule has 1 fully saturated rings. The van der Waals surface area contributed by atoms with E-state index in [0.29, 0.717) is 0 Å². The zero-order valence-corrected chi connectivity index (χ0v) is 13.2. The lowest BCUT2D eigenvalue weighted by Gasteiger charge is -2.40. The van der Waals surface area contributed by atoms with Gasteiger partial charge in [-0.2, -0.15) is 0 Å². The molecule has 0 spiro atoms. The monoisotopic (exact) mass is 290 g/mol. The van der Waals surface area contributed by atoms with Gasteiger partial charge in [-0.05, 0) is 45.6 Å². The molecule has 0 saturated carbocycles. The van der Waals surface area contributed by atoms with Crippen LogP contribution < -0.4 is 5.73 Å². The Balaban J connectivity index is 2.11. The van der Waals surface area contributed by atoms with Gasteiger partial charge in [0.2, 0.25) is 0 Å². The van der Waals surface area contributed by atoms with Crippen LogP contribution in [0.5, 0.6) is 0 Å². The van der Waals surface area contributed by atoms with Crippen LogP contribution in [0.15, 0.2) is 30.3 Å². The molecule has 21 heavy (non-hydrogen) atoms. The zero-order valence-electron chi connectivity index (χ0n) is 13.2. The molecule has 4 heteroatoms. The Bertz CT molecular complexity index is 467. The molecule has 1 aliphatic heterocycles. The van der Waals surface area contributed by atoms with Gasteiger partial charge in [0.25, 0.3) is 0 Å². The molecule has 1 amide bonds. The predicted molar refractivity (Wildman–Crippen MR) is 84.1 cm³/mol. The van der Waals surface area contributed by atoms with Crippen LogP contribution in [0, 0.1) is 0 Å². The summed E-state index contributed by atoms with van der Waals surface area (Å²) in [5.41, 5.74) is 7.00. The Labute approximate surface area is 127 Å². The van der Waals surface area contributed by atoms with Crippen molar-refractivity contribution in [2.24, 2.45) is 5.73 Å². The van der Waals surface area contributed by atoms with E-state index in [4.69, 9.17) is 10.5 Å². The lowest BCUT2D eigenvalue weighted by atomic mass is 9.92. The molecule has 1 aliphatic rings. The van der Waals surface area contributed by atoms with E-state index < -0.39 is 5.60 Å². The third kappa shape index (κ3) is 4.46. The average molecular weight is 290 g/mol. The number of rotatable bonds is 2. The highest BCUT2D eigenvalue weighted by molar-refractivity contribution is 5.69. The molecule has 1 unspecified atom stereocenters. The highest BCUT2D eigenvalue weighted by Crippen LogP contribution is 2.22. The molecule has 2 atom stereocenters. The van der Waals surface area contributed by atoms with E-state index in [9.17, 15) is 4.79 Å². The molecule has 2 N–H and O–H groups in total. The average Bonchev–Trinajstić information content (AvgIpc) is 2.40. The maximum atomic E-state index is 12.4. The van der Waals surface area contributed by atoms with Crippen molar-refractivity contribution < 1.29 is 9.53 Å². The number of ether oxygens (including phenoxy) is 1. The number of nitrogens with two attached hydrogens (primary N) is 1. The Morgan fingerprint density at radius 1 is 1.33 bits per heavy atom. The summed E-state index contributed by atoms with van der Waals surface area (Å²) < 4.78 is 5.52. The van der Waals surface area contributed by atoms with Gasteiger partial charge in [0, 0.05) is 12.6 Å². The van der Waals surface area contributed by atoms with Crippen LogP contribution in [-0.4, -0.2) is 35.2 Å². The first-order valence-corrected chi connectivity index (χ1v) is 7.66. The fourth-order valence-corrected chi connectivity index (χ4v) is 2.75. The van der Waals surface area contributed by atoms with Crippen molar-refractivity contribution in [3.8, 4) is 0 Å². The number of hydrogen-bond donors (Lipinski definition) is 1. The maximum Gasteiger partial charge on any atom is 0.410 e. The Kier molecular flexibility index (Phi) is 4.88. The van der Waals surface area contributed by atoms with Gasteiger partial charge in [0.1, 0.15) is 5.60 Å². The molecule has 116 valence electrons. The molecule has 1 aromatic carbocycles. The normalized spacial score (nSPS) is 23.0. The van der Waals surface area contributed by atoms with Gasteiger partial charge in [0.15, 0.2) is 0 Å². The van der Waals surface area contributed by atoms with Gasteiger partial charge in [0.05, 0.1) is 6.04 Å². The molecule has 0 aliphatic carbocycles. The van der Waals surface area contributed by atoms with E-state index in [0.717, 1.165) is 25.8 Å². The highest BCUT2D eigenvalue weighted by atomic mass is 16.6. The first kappa shape index (κ1) is 15.8. The molecule has 0 aromatic heterocycles. The van der Waals surface area contributed by atoms with Gasteiger partial charge < -0.3 is 15.4 Å². The van der Waals surface area contributed by atoms with E-state index in [1.807, 2.05) is 43.9 Å². The van der Waals surface area contributed by atoms with Crippen LogP contribution in [-0.2, 0) is 11.2 Å². The van der Waals surface area contributed by atoms with Crippen molar-refractivity contribution in [2.45, 2.75) is 57.7 Å². The Morgan fingerprint density at radius 2 is 2.00 bits per heavy atom. The molecule has 4 nitrogen and oxygen atoms in total. The minimum absolute atomic E-state index is 0.00599. The number of likely N-dealkylation sites (tertiary alicyclic amines) is 1. The molecular weight excluding hydrogens is 264 g/mol. The van der Waals surface area contributed by atoms with E-state index >= 15 is 0 Å². The predicted octanol–water partition coefficient (Wildman–Crippen LogP) is 2.96. The van der Waals surface area contributed by atoms with Gasteiger partial charge in [-0.1, -0.05) is 30.3 Å². The largest absolute Gasteiger partial charge is 0.444 e. The van der Waals surface area contributed by atoms with Crippen LogP contribution in [0.2, 0.25) is 0 Å². The second-order valence-corrected chi connectivity index (χ2v) is 6.74. The molecule has 1 saturated heterocycles. The first-order chi connectivity index (χ1) is 9.87. The topological polar surface area (TPSA) is 55.6 Å². The van der Waals surface area contributed by atoms with Crippen LogP contribution in [0.3, 0.4) is 0 Å². The van der Waals surface area contributed by atoms with Crippen molar-refractivity contribution in [3.63, 3.8) is 0 Å². The fourth-order valence-electron chi connectivity index (χ4n) is 2.75. The minimum atomic E-state index is -0.476. The fraction of sp³-hybridized carbons (Fsp3) is 0.588. The summed E-state index contributed by atoms with van der Waals surface area (Å²) in [6.45, 7) is 6.39. The summed E-state index contributed by atoms with van der Waals surface area (Å²) in [6, 6.07) is 10.2. The molecule has 1 aromatic rings. The summed E-state index contributed by atoms with van der Waals surface area (Å²) >= 11 is 0. The second kappa shape index (κ2) is 6.48. The molecule has 1 heterocycles. The highest BCUT2D eigenvalue weighted by Gasteiger charge is 2.34. The summed E-state index contributed by atoms with van der Waals surface area (Å²) in [7, 11) is 0. The van der Waals surface area contributed by atoms with Crippen LogP contribution >= 0.6 is 0 Å². The van der Waals surface area contributed by atoms with Crippen LogP contribution in [0.25, 0.3) is 0 Å². The third-order valence-electron chi connectivity index (χ3n) is 3.75. The van der Waals surface area contributed by atoms with Crippen molar-refractivity contribution in [1.82, 2.24) is 4.90 Å². The Hall–Kier alpha value is -1.55. The standard InChI is InChI=1S/C17H26N2O2/c1-17(2,3)21-16(20)19-11-7-10-14(18)15(19)12-13-8-5-4-6-9-13/h4-6,8-9,14-15H,7,10-12,18H2,1-3H3/t14?,15-/m0/s1. The summed E-state index contributed by atoms with van der Waals surface area (Å²) in [5.74, 6) is 0. The van der Waals surface area contributed by atoms with E-state index in [1.54, 1.807) is 0 Å². The van der Waals surface area contributed by atoms with E-state index in [2.05, 4.69) is 12.1 Å². The molecular formula is C17H26N2O2. The van der Waals surface area contributed by atoms with Crippen LogP contribution in [0.1, 0.15) is 39.2 Å². The Morgan fingerprint density at radius 3 is 2.62 bits per heavy atom. The van der Waals surface area contributed by atoms with E-state index in [1.165, 1.54) is 5.56 Å². The molecule has 2 rings (SSSR count). The van der Waals surface area contributed by atoms with Gasteiger partial charge in [-0.25, -0.2) is 4.79 Å². The number of amides is 1. The number of nitrogens with zero attached hydrogens (tertiary/aromatic N) is 1. The third-order valence-corrected chi connectivity index (χ3v) is 3.75. The van der Waals surface area contributed by atoms with Gasteiger partial charge >= 0.3 is 6.09 Å². The number of hydrogen-bond acceptors (Lipinski definition) is 3. The second-order valence-electron chi connectivity index (χ2n) is 6.74. The zero-order chi connectivity index (χ0) is 15.5. The summed E-state index contributed by atoms with van der Waals surface area (Å²) in [6.07, 6.45) is 2.42. The van der Waals surface area contributed by atoms with Crippen molar-refractivity contribution in [2.75, 3.05) is 6.54 Å². The minimum Gasteiger partial charge on any atom is -0.444 e. The van der Waals surface area contributed by atoms with E-state index in [-0.39, 0.29) is 18.2 Å². The van der Waals surface area contributed by atoms with Crippen molar-refractivity contribution in [1.29, 1.82) is 0 Å². The quantitative estimate of drug-likeness (QED) is 0.911. The lowest BCUT2D eigenvalue weighted by Crippen LogP contribution is -2.56. The maximum absolute atomic E-state index is 12.4. The number of benzene rings is 1. The first-order valence-electron chi connectivity index (χ1n) is 7.66. The van der Waals surface area contributed by atoms with Gasteiger partial charge in [-0.15, -0.1) is 0 Å². The molecule has 0 radical (unpaired) electrons. The number of piperidine rings is 1. The number of carbonyl (C=O) groups excluding carboxylic acids is 1. The van der Waals surface area contributed by atoms with Gasteiger partial charge in [-0.3, -0.25) is 0 Å². The lowest BCUT2D eigenvalue weighted by molar-refractivity contribution is 0.00695. The number of carbonyl (C=O) groups is 1. The SMILES string of the molecule is CC(C)(C)OC(=O)N1CCCC(N)[C@@H]1Cc1ccccc1. The smallest absolute Gasteiger partial charge is 0.410 e. The van der Waals surface area contributed by atoms with Crippen molar-refractivity contribution >= 4 is 6.09 Å².